The van der Waals surface area contributed by atoms with E-state index in [1.54, 1.807) is 6.07 Å². The van der Waals surface area contributed by atoms with E-state index in [0.29, 0.717) is 5.69 Å². The summed E-state index contributed by atoms with van der Waals surface area (Å²) in [6, 6.07) is 4.19. The highest BCUT2D eigenvalue weighted by Gasteiger charge is 2.21. The van der Waals surface area contributed by atoms with Gasteiger partial charge in [-0.25, -0.2) is 8.78 Å². The van der Waals surface area contributed by atoms with Crippen molar-refractivity contribution in [2.24, 2.45) is 0 Å². The van der Waals surface area contributed by atoms with Crippen LogP contribution in [0.15, 0.2) is 18.2 Å². The first-order valence-corrected chi connectivity index (χ1v) is 6.02. The molecule has 1 aromatic carbocycles. The Labute approximate surface area is 100.0 Å². The second kappa shape index (κ2) is 5.45. The predicted molar refractivity (Wildman–Crippen MR) is 63.0 cm³/mol. The lowest BCUT2D eigenvalue weighted by Gasteiger charge is -2.30. The quantitative estimate of drug-likeness (QED) is 0.876. The molecule has 17 heavy (non-hydrogen) atoms. The molecule has 2 unspecified atom stereocenters. The molecular formula is C13H17F2NO. The van der Waals surface area contributed by atoms with Crippen LogP contribution in [0.1, 0.15) is 26.2 Å². The van der Waals surface area contributed by atoms with Crippen molar-refractivity contribution in [2.75, 3.05) is 11.9 Å². The summed E-state index contributed by atoms with van der Waals surface area (Å²) in [6.45, 7) is 2.81. The lowest BCUT2D eigenvalue weighted by Crippen LogP contribution is -2.33. The van der Waals surface area contributed by atoms with Crippen LogP contribution in [-0.4, -0.2) is 18.8 Å². The molecule has 1 heterocycles. The van der Waals surface area contributed by atoms with Gasteiger partial charge >= 0.3 is 0 Å². The van der Waals surface area contributed by atoms with Crippen molar-refractivity contribution in [3.8, 4) is 0 Å². The average molecular weight is 241 g/mol. The molecule has 1 N–H and O–H groups in total. The maximum atomic E-state index is 13.0. The zero-order valence-electron chi connectivity index (χ0n) is 9.88. The van der Waals surface area contributed by atoms with Crippen molar-refractivity contribution in [3.05, 3.63) is 29.8 Å². The highest BCUT2D eigenvalue weighted by atomic mass is 19.2. The third kappa shape index (κ3) is 3.16. The Balaban J connectivity index is 1.97. The smallest absolute Gasteiger partial charge is 0.160 e. The van der Waals surface area contributed by atoms with Gasteiger partial charge < -0.3 is 10.1 Å². The molecule has 2 atom stereocenters. The fourth-order valence-corrected chi connectivity index (χ4v) is 2.12. The van der Waals surface area contributed by atoms with Crippen molar-refractivity contribution < 1.29 is 13.5 Å². The minimum Gasteiger partial charge on any atom is -0.382 e. The maximum Gasteiger partial charge on any atom is 0.160 e. The first-order chi connectivity index (χ1) is 8.19. The number of halogens is 2. The Hall–Kier alpha value is -1.16. The highest BCUT2D eigenvalue weighted by Crippen LogP contribution is 2.21. The molecule has 2 rings (SSSR count). The topological polar surface area (TPSA) is 21.3 Å². The molecule has 0 saturated carbocycles. The first kappa shape index (κ1) is 12.3. The van der Waals surface area contributed by atoms with Crippen LogP contribution in [0.3, 0.4) is 0 Å². The van der Waals surface area contributed by atoms with Crippen molar-refractivity contribution in [1.82, 2.24) is 0 Å². The Morgan fingerprint density at radius 3 is 2.88 bits per heavy atom. The van der Waals surface area contributed by atoms with E-state index < -0.39 is 11.6 Å². The van der Waals surface area contributed by atoms with Crippen LogP contribution in [0.4, 0.5) is 14.5 Å². The minimum atomic E-state index is -0.811. The maximum absolute atomic E-state index is 13.0. The third-order valence-corrected chi connectivity index (χ3v) is 3.11. The Morgan fingerprint density at radius 1 is 1.35 bits per heavy atom. The third-order valence-electron chi connectivity index (χ3n) is 3.11. The molecule has 4 heteroatoms. The van der Waals surface area contributed by atoms with E-state index in [-0.39, 0.29) is 12.1 Å². The van der Waals surface area contributed by atoms with Crippen LogP contribution < -0.4 is 5.32 Å². The van der Waals surface area contributed by atoms with Gasteiger partial charge in [0.1, 0.15) is 0 Å². The molecule has 0 aliphatic carbocycles. The van der Waals surface area contributed by atoms with Gasteiger partial charge in [-0.05, 0) is 31.4 Å². The molecule has 1 saturated heterocycles. The molecule has 1 aliphatic heterocycles. The lowest BCUT2D eigenvalue weighted by molar-refractivity contribution is 0.00925. The number of anilines is 1. The average Bonchev–Trinajstić information content (AvgIpc) is 2.34. The molecule has 0 aromatic heterocycles. The number of hydrogen-bond acceptors (Lipinski definition) is 2. The summed E-state index contributed by atoms with van der Waals surface area (Å²) in [4.78, 5) is 0. The van der Waals surface area contributed by atoms with Gasteiger partial charge in [0.05, 0.1) is 6.10 Å². The Bertz CT molecular complexity index is 384. The van der Waals surface area contributed by atoms with E-state index in [9.17, 15) is 8.78 Å². The number of hydrogen-bond donors (Lipinski definition) is 1. The van der Waals surface area contributed by atoms with Crippen LogP contribution >= 0.6 is 0 Å². The molecule has 94 valence electrons. The fraction of sp³-hybridized carbons (Fsp3) is 0.538. The van der Waals surface area contributed by atoms with Crippen molar-refractivity contribution in [3.63, 3.8) is 0 Å². The van der Waals surface area contributed by atoms with E-state index >= 15 is 0 Å². The van der Waals surface area contributed by atoms with E-state index in [0.717, 1.165) is 31.9 Å². The van der Waals surface area contributed by atoms with Gasteiger partial charge in [0.2, 0.25) is 0 Å². The van der Waals surface area contributed by atoms with E-state index in [4.69, 9.17) is 4.74 Å². The molecule has 0 radical (unpaired) electrons. The van der Waals surface area contributed by atoms with Gasteiger partial charge in [-0.15, -0.1) is 0 Å². The van der Waals surface area contributed by atoms with E-state index in [2.05, 4.69) is 12.2 Å². The van der Waals surface area contributed by atoms with Crippen molar-refractivity contribution in [2.45, 2.75) is 38.3 Å². The van der Waals surface area contributed by atoms with Gasteiger partial charge in [0.25, 0.3) is 0 Å². The molecule has 1 aromatic rings. The molecule has 0 spiro atoms. The minimum absolute atomic E-state index is 0.270. The van der Waals surface area contributed by atoms with Crippen LogP contribution in [0.5, 0.6) is 0 Å². The summed E-state index contributed by atoms with van der Waals surface area (Å²) in [5.41, 5.74) is 0.630. The van der Waals surface area contributed by atoms with Gasteiger partial charge in [-0.3, -0.25) is 0 Å². The standard InChI is InChI=1S/C13H17F2NO/c1-2-11-7-10(5-6-17-11)16-9-3-4-12(14)13(15)8-9/h3-4,8,10-11,16H,2,5-7H2,1H3. The van der Waals surface area contributed by atoms with Crippen molar-refractivity contribution >= 4 is 5.69 Å². The SMILES string of the molecule is CCC1CC(Nc2ccc(F)c(F)c2)CCO1. The number of nitrogens with one attached hydrogen (secondary N) is 1. The number of rotatable bonds is 3. The first-order valence-electron chi connectivity index (χ1n) is 6.02. The van der Waals surface area contributed by atoms with Crippen LogP contribution in [0, 0.1) is 11.6 Å². The summed E-state index contributed by atoms with van der Waals surface area (Å²) in [7, 11) is 0. The fourth-order valence-electron chi connectivity index (χ4n) is 2.12. The summed E-state index contributed by atoms with van der Waals surface area (Å²) in [6.07, 6.45) is 3.06. The van der Waals surface area contributed by atoms with Crippen LogP contribution in [-0.2, 0) is 4.74 Å². The monoisotopic (exact) mass is 241 g/mol. The van der Waals surface area contributed by atoms with E-state index in [1.807, 2.05) is 0 Å². The van der Waals surface area contributed by atoms with Crippen molar-refractivity contribution in [1.29, 1.82) is 0 Å². The molecule has 1 aliphatic rings. The number of benzene rings is 1. The molecule has 2 nitrogen and oxygen atoms in total. The normalized spacial score (nSPS) is 24.6. The van der Waals surface area contributed by atoms with Gasteiger partial charge in [0.15, 0.2) is 11.6 Å². The van der Waals surface area contributed by atoms with E-state index in [1.165, 1.54) is 6.07 Å². The molecule has 0 bridgehead atoms. The lowest BCUT2D eigenvalue weighted by atomic mass is 10.0. The largest absolute Gasteiger partial charge is 0.382 e. The zero-order valence-corrected chi connectivity index (χ0v) is 9.88. The predicted octanol–water partition coefficient (Wildman–Crippen LogP) is 3.33. The summed E-state index contributed by atoms with van der Waals surface area (Å²) in [5.74, 6) is -1.62. The summed E-state index contributed by atoms with van der Waals surface area (Å²) in [5, 5.41) is 3.23. The van der Waals surface area contributed by atoms with Crippen LogP contribution in [0.2, 0.25) is 0 Å². The van der Waals surface area contributed by atoms with Gasteiger partial charge in [-0.2, -0.15) is 0 Å². The summed E-state index contributed by atoms with van der Waals surface area (Å²) >= 11 is 0. The zero-order chi connectivity index (χ0) is 12.3. The highest BCUT2D eigenvalue weighted by molar-refractivity contribution is 5.44. The second-order valence-corrected chi connectivity index (χ2v) is 4.40. The molecule has 1 fully saturated rings. The number of ether oxygens (including phenoxy) is 1. The Morgan fingerprint density at radius 2 is 2.18 bits per heavy atom. The molecular weight excluding hydrogens is 224 g/mol. The summed E-state index contributed by atoms with van der Waals surface area (Å²) < 4.78 is 31.4. The molecule has 0 amide bonds. The van der Waals surface area contributed by atoms with Crippen LogP contribution in [0.25, 0.3) is 0 Å². The Kier molecular flexibility index (Phi) is 3.94. The van der Waals surface area contributed by atoms with Gasteiger partial charge in [0, 0.05) is 24.4 Å². The second-order valence-electron chi connectivity index (χ2n) is 4.40. The van der Waals surface area contributed by atoms with Gasteiger partial charge in [-0.1, -0.05) is 6.92 Å².